The Morgan fingerprint density at radius 1 is 1.29 bits per heavy atom. The summed E-state index contributed by atoms with van der Waals surface area (Å²) < 4.78 is 0. The lowest BCUT2D eigenvalue weighted by molar-refractivity contribution is -0.116. The van der Waals surface area contributed by atoms with Crippen LogP contribution < -0.4 is 5.43 Å². The maximum absolute atomic E-state index is 12.5. The van der Waals surface area contributed by atoms with Crippen molar-refractivity contribution in [3.63, 3.8) is 0 Å². The van der Waals surface area contributed by atoms with Crippen molar-refractivity contribution < 1.29 is 4.79 Å². The highest BCUT2D eigenvalue weighted by Crippen LogP contribution is 2.31. The minimum Gasteiger partial charge on any atom is -0.359 e. The van der Waals surface area contributed by atoms with Gasteiger partial charge in [-0.25, -0.2) is 15.4 Å². The number of carbonyl (C=O) groups excluding carboxylic acids is 1. The van der Waals surface area contributed by atoms with Crippen LogP contribution in [0.1, 0.15) is 60.8 Å². The zero-order valence-electron chi connectivity index (χ0n) is 16.6. The lowest BCUT2D eigenvalue weighted by atomic mass is 9.95. The predicted molar refractivity (Wildman–Crippen MR) is 109 cm³/mol. The van der Waals surface area contributed by atoms with Crippen LogP contribution in [-0.4, -0.2) is 44.6 Å². The van der Waals surface area contributed by atoms with Crippen LogP contribution in [0.25, 0.3) is 6.08 Å². The quantitative estimate of drug-likeness (QED) is 0.784. The van der Waals surface area contributed by atoms with Crippen LogP contribution in [0.3, 0.4) is 0 Å². The summed E-state index contributed by atoms with van der Waals surface area (Å²) in [6.07, 6.45) is 7.58. The largest absolute Gasteiger partial charge is 0.359 e. The lowest BCUT2D eigenvalue weighted by Crippen LogP contribution is -2.19. The van der Waals surface area contributed by atoms with Gasteiger partial charge in [0, 0.05) is 24.1 Å². The Balaban J connectivity index is 1.74. The van der Waals surface area contributed by atoms with Gasteiger partial charge in [-0.15, -0.1) is 0 Å². The van der Waals surface area contributed by atoms with Crippen molar-refractivity contribution in [1.82, 2.24) is 25.3 Å². The summed E-state index contributed by atoms with van der Waals surface area (Å²) in [5.41, 5.74) is 9.05. The number of aromatic nitrogens is 3. The van der Waals surface area contributed by atoms with Gasteiger partial charge < -0.3 is 4.98 Å². The topological polar surface area (TPSA) is 86.3 Å². The molecular formula is C21H26N6O. The Morgan fingerprint density at radius 3 is 2.75 bits per heavy atom. The number of likely N-dealkylation sites (tertiary alicyclic amines) is 1. The first-order valence-corrected chi connectivity index (χ1v) is 9.84. The Kier molecular flexibility index (Phi) is 5.09. The van der Waals surface area contributed by atoms with E-state index in [9.17, 15) is 4.79 Å². The smallest absolute Gasteiger partial charge is 0.273 e. The van der Waals surface area contributed by atoms with E-state index >= 15 is 0 Å². The van der Waals surface area contributed by atoms with Gasteiger partial charge >= 0.3 is 0 Å². The van der Waals surface area contributed by atoms with E-state index in [1.165, 1.54) is 36.0 Å². The van der Waals surface area contributed by atoms with Crippen molar-refractivity contribution in [1.29, 1.82) is 0 Å². The summed E-state index contributed by atoms with van der Waals surface area (Å²) in [5, 5.41) is 4.19. The Labute approximate surface area is 165 Å². The van der Waals surface area contributed by atoms with E-state index in [4.69, 9.17) is 0 Å². The molecule has 28 heavy (non-hydrogen) atoms. The molecule has 0 bridgehead atoms. The number of nitrogens with one attached hydrogen (secondary N) is 2. The maximum atomic E-state index is 12.5. The molecule has 0 radical (unpaired) electrons. The fourth-order valence-corrected chi connectivity index (χ4v) is 4.09. The lowest BCUT2D eigenvalue weighted by Gasteiger charge is -2.17. The molecule has 2 N–H and O–H groups in total. The van der Waals surface area contributed by atoms with E-state index in [0.717, 1.165) is 25.3 Å². The third-order valence-electron chi connectivity index (χ3n) is 5.43. The molecule has 1 fully saturated rings. The molecule has 4 heterocycles. The van der Waals surface area contributed by atoms with Gasteiger partial charge in [0.25, 0.3) is 5.91 Å². The van der Waals surface area contributed by atoms with Gasteiger partial charge in [0.15, 0.2) is 0 Å². The van der Waals surface area contributed by atoms with Crippen LogP contribution in [0.5, 0.6) is 0 Å². The molecule has 7 heteroatoms. The van der Waals surface area contributed by atoms with Crippen LogP contribution in [0.15, 0.2) is 29.3 Å². The Bertz CT molecular complexity index is 935. The number of nitrogens with zero attached hydrogens (tertiary/aromatic N) is 4. The highest BCUT2D eigenvalue weighted by atomic mass is 16.2. The molecule has 146 valence electrons. The number of carbonyl (C=O) groups is 1. The number of hydrogen-bond acceptors (Lipinski definition) is 5. The van der Waals surface area contributed by atoms with E-state index in [0.29, 0.717) is 22.9 Å². The standard InChI is InChI=1S/C21H26N6O/c1-13(2)19-16(11-27-8-4-5-9-27)14(3)24-18(19)10-15-20(25-26-21(15)28)17-6-7-22-12-23-17/h6-7,10,12-13,24H,4-5,8-9,11H2,1-3H3,(H,26,28). The molecule has 7 nitrogen and oxygen atoms in total. The fraction of sp³-hybridized carbons (Fsp3) is 0.429. The van der Waals surface area contributed by atoms with Crippen molar-refractivity contribution >= 4 is 17.7 Å². The third-order valence-corrected chi connectivity index (χ3v) is 5.43. The molecule has 2 aromatic heterocycles. The van der Waals surface area contributed by atoms with Crippen LogP contribution in [0.4, 0.5) is 0 Å². The molecule has 0 unspecified atom stereocenters. The van der Waals surface area contributed by atoms with E-state index in [1.54, 1.807) is 12.3 Å². The molecule has 0 atom stereocenters. The zero-order chi connectivity index (χ0) is 19.7. The minimum absolute atomic E-state index is 0.211. The van der Waals surface area contributed by atoms with Crippen LogP contribution in [0.2, 0.25) is 0 Å². The predicted octanol–water partition coefficient (Wildman–Crippen LogP) is 2.75. The third kappa shape index (κ3) is 3.49. The van der Waals surface area contributed by atoms with Gasteiger partial charge in [-0.1, -0.05) is 13.8 Å². The van der Waals surface area contributed by atoms with Crippen LogP contribution in [0, 0.1) is 6.92 Å². The number of aromatic amines is 1. The normalized spacial score (nSPS) is 18.9. The molecule has 2 aliphatic heterocycles. The second-order valence-electron chi connectivity index (χ2n) is 7.75. The number of H-pyrrole nitrogens is 1. The number of aryl methyl sites for hydroxylation is 1. The second kappa shape index (κ2) is 7.67. The maximum Gasteiger partial charge on any atom is 0.273 e. The molecular weight excluding hydrogens is 352 g/mol. The summed E-state index contributed by atoms with van der Waals surface area (Å²) in [7, 11) is 0. The first kappa shape index (κ1) is 18.6. The van der Waals surface area contributed by atoms with Crippen LogP contribution >= 0.6 is 0 Å². The monoisotopic (exact) mass is 378 g/mol. The number of hydrazone groups is 1. The Hall–Kier alpha value is -2.80. The first-order chi connectivity index (χ1) is 13.5. The minimum atomic E-state index is -0.211. The SMILES string of the molecule is Cc1[nH]c(C=C2C(=O)NN=C2c2ccncn2)c(C(C)C)c1CN1CCCC1. The van der Waals surface area contributed by atoms with Gasteiger partial charge in [0.1, 0.15) is 12.0 Å². The van der Waals surface area contributed by atoms with Crippen molar-refractivity contribution in [3.05, 3.63) is 52.4 Å². The summed E-state index contributed by atoms with van der Waals surface area (Å²) in [4.78, 5) is 26.7. The summed E-state index contributed by atoms with van der Waals surface area (Å²) in [5.74, 6) is 0.134. The second-order valence-corrected chi connectivity index (χ2v) is 7.75. The number of hydrogen-bond donors (Lipinski definition) is 2. The van der Waals surface area contributed by atoms with Crippen LogP contribution in [-0.2, 0) is 11.3 Å². The highest BCUT2D eigenvalue weighted by Gasteiger charge is 2.27. The van der Waals surface area contributed by atoms with E-state index in [2.05, 4.69) is 51.2 Å². The highest BCUT2D eigenvalue weighted by molar-refractivity contribution is 6.32. The summed E-state index contributed by atoms with van der Waals surface area (Å²) in [6.45, 7) is 9.79. The van der Waals surface area contributed by atoms with Gasteiger partial charge in [-0.05, 0) is 62.0 Å². The van der Waals surface area contributed by atoms with Crippen molar-refractivity contribution in [2.75, 3.05) is 13.1 Å². The van der Waals surface area contributed by atoms with Crippen molar-refractivity contribution in [2.45, 2.75) is 46.1 Å². The average Bonchev–Trinajstić information content (AvgIpc) is 3.38. The molecule has 0 aliphatic carbocycles. The molecule has 4 rings (SSSR count). The summed E-state index contributed by atoms with van der Waals surface area (Å²) in [6, 6.07) is 1.76. The van der Waals surface area contributed by atoms with Crippen molar-refractivity contribution in [3.8, 4) is 0 Å². The van der Waals surface area contributed by atoms with Gasteiger partial charge in [0.05, 0.1) is 11.3 Å². The number of rotatable bonds is 5. The van der Waals surface area contributed by atoms with E-state index in [1.807, 2.05) is 6.08 Å². The zero-order valence-corrected chi connectivity index (χ0v) is 16.6. The molecule has 1 saturated heterocycles. The van der Waals surface area contributed by atoms with E-state index in [-0.39, 0.29) is 5.91 Å². The molecule has 1 amide bonds. The molecule has 2 aromatic rings. The van der Waals surface area contributed by atoms with Gasteiger partial charge in [-0.3, -0.25) is 9.69 Å². The van der Waals surface area contributed by atoms with Gasteiger partial charge in [-0.2, -0.15) is 5.10 Å². The van der Waals surface area contributed by atoms with Crippen molar-refractivity contribution in [2.24, 2.45) is 5.10 Å². The molecule has 0 spiro atoms. The van der Waals surface area contributed by atoms with E-state index < -0.39 is 0 Å². The Morgan fingerprint density at radius 2 is 2.07 bits per heavy atom. The summed E-state index contributed by atoms with van der Waals surface area (Å²) >= 11 is 0. The molecule has 0 saturated carbocycles. The van der Waals surface area contributed by atoms with Gasteiger partial charge in [0.2, 0.25) is 0 Å². The number of amides is 1. The fourth-order valence-electron chi connectivity index (χ4n) is 4.09. The first-order valence-electron chi connectivity index (χ1n) is 9.84. The molecule has 0 aromatic carbocycles. The average molecular weight is 378 g/mol. The molecule has 2 aliphatic rings.